The maximum Gasteiger partial charge on any atom is 0.148 e. The minimum absolute atomic E-state index is 0. The van der Waals surface area contributed by atoms with E-state index in [9.17, 15) is 4.39 Å². The highest BCUT2D eigenvalue weighted by Crippen LogP contribution is 2.23. The predicted molar refractivity (Wildman–Crippen MR) is 109 cm³/mol. The zero-order valence-corrected chi connectivity index (χ0v) is 16.1. The van der Waals surface area contributed by atoms with Gasteiger partial charge < -0.3 is 0 Å². The number of aromatic nitrogens is 2. The third-order valence-corrected chi connectivity index (χ3v) is 5.22. The normalized spacial score (nSPS) is 15.4. The van der Waals surface area contributed by atoms with Crippen molar-refractivity contribution in [1.29, 1.82) is 0 Å². The summed E-state index contributed by atoms with van der Waals surface area (Å²) in [5, 5.41) is 4.33. The molecule has 1 aliphatic heterocycles. The van der Waals surface area contributed by atoms with Crippen LogP contribution in [-0.4, -0.2) is 27.8 Å². The Morgan fingerprint density at radius 3 is 2.37 bits per heavy atom. The second-order valence-electron chi connectivity index (χ2n) is 7.15. The lowest BCUT2D eigenvalue weighted by Gasteiger charge is -2.31. The lowest BCUT2D eigenvalue weighted by atomic mass is 9.90. The summed E-state index contributed by atoms with van der Waals surface area (Å²) >= 11 is 0. The Kier molecular flexibility index (Phi) is 6.64. The zero-order valence-electron chi connectivity index (χ0n) is 15.3. The largest absolute Gasteiger partial charge is 0.299 e. The highest BCUT2D eigenvalue weighted by molar-refractivity contribution is 5.85. The van der Waals surface area contributed by atoms with Crippen molar-refractivity contribution in [3.8, 4) is 5.69 Å². The average Bonchev–Trinajstić information content (AvgIpc) is 3.13. The molecule has 2 aromatic carbocycles. The molecule has 0 spiro atoms. The summed E-state index contributed by atoms with van der Waals surface area (Å²) in [7, 11) is 0. The van der Waals surface area contributed by atoms with Gasteiger partial charge in [0.2, 0.25) is 0 Å². The van der Waals surface area contributed by atoms with Crippen LogP contribution in [0.15, 0.2) is 67.0 Å². The lowest BCUT2D eigenvalue weighted by molar-refractivity contribution is 0.177. The van der Waals surface area contributed by atoms with Crippen LogP contribution < -0.4 is 0 Å². The van der Waals surface area contributed by atoms with Crippen LogP contribution in [0.2, 0.25) is 0 Å². The first-order chi connectivity index (χ1) is 12.8. The van der Waals surface area contributed by atoms with E-state index in [0.717, 1.165) is 31.1 Å². The van der Waals surface area contributed by atoms with Crippen LogP contribution in [-0.2, 0) is 13.0 Å². The Morgan fingerprint density at radius 2 is 1.63 bits per heavy atom. The maximum atomic E-state index is 13.9. The first-order valence-electron chi connectivity index (χ1n) is 9.32. The molecule has 0 atom stereocenters. The molecule has 0 bridgehead atoms. The molecule has 0 radical (unpaired) electrons. The number of halogens is 2. The first kappa shape index (κ1) is 19.6. The van der Waals surface area contributed by atoms with E-state index in [-0.39, 0.29) is 18.2 Å². The van der Waals surface area contributed by atoms with Gasteiger partial charge in [-0.1, -0.05) is 42.5 Å². The number of hydrogen-bond acceptors (Lipinski definition) is 2. The van der Waals surface area contributed by atoms with E-state index in [0.29, 0.717) is 5.69 Å². The lowest BCUT2D eigenvalue weighted by Crippen LogP contribution is -2.33. The minimum atomic E-state index is -0.246. The molecule has 27 heavy (non-hydrogen) atoms. The molecular formula is C22H25ClFN3. The van der Waals surface area contributed by atoms with E-state index < -0.39 is 0 Å². The smallest absolute Gasteiger partial charge is 0.148 e. The van der Waals surface area contributed by atoms with Crippen LogP contribution in [0.1, 0.15) is 24.0 Å². The summed E-state index contributed by atoms with van der Waals surface area (Å²) in [5.74, 6) is 0.527. The van der Waals surface area contributed by atoms with Crippen LogP contribution in [0.25, 0.3) is 5.69 Å². The summed E-state index contributed by atoms with van der Waals surface area (Å²) in [4.78, 5) is 2.48. The SMILES string of the molecule is Cl.Fc1ccccc1-n1cc(CN2CCC(Cc3ccccc3)CC2)cn1. The van der Waals surface area contributed by atoms with Crippen molar-refractivity contribution in [2.75, 3.05) is 13.1 Å². The summed E-state index contributed by atoms with van der Waals surface area (Å²) in [5.41, 5.74) is 3.08. The molecule has 1 saturated heterocycles. The summed E-state index contributed by atoms with van der Waals surface area (Å²) in [6.45, 7) is 3.11. The second kappa shape index (κ2) is 9.16. The van der Waals surface area contributed by atoms with E-state index in [2.05, 4.69) is 40.3 Å². The Bertz CT molecular complexity index is 842. The van der Waals surface area contributed by atoms with E-state index in [4.69, 9.17) is 0 Å². The van der Waals surface area contributed by atoms with Gasteiger partial charge in [-0.3, -0.25) is 4.90 Å². The fraction of sp³-hybridized carbons (Fsp3) is 0.318. The van der Waals surface area contributed by atoms with Crippen LogP contribution in [0, 0.1) is 11.7 Å². The number of rotatable bonds is 5. The minimum Gasteiger partial charge on any atom is -0.299 e. The summed E-state index contributed by atoms with van der Waals surface area (Å²) in [6.07, 6.45) is 7.43. The zero-order chi connectivity index (χ0) is 17.8. The van der Waals surface area contributed by atoms with Crippen LogP contribution >= 0.6 is 12.4 Å². The molecule has 5 heteroatoms. The molecule has 0 saturated carbocycles. The van der Waals surface area contributed by atoms with E-state index >= 15 is 0 Å². The van der Waals surface area contributed by atoms with E-state index in [1.807, 2.05) is 18.5 Å². The van der Waals surface area contributed by atoms with Gasteiger partial charge in [0.15, 0.2) is 0 Å². The highest BCUT2D eigenvalue weighted by atomic mass is 35.5. The molecule has 142 valence electrons. The molecule has 1 aromatic heterocycles. The molecule has 0 N–H and O–H groups in total. The molecule has 1 aliphatic rings. The van der Waals surface area contributed by atoms with Gasteiger partial charge in [0.05, 0.1) is 6.20 Å². The fourth-order valence-corrected chi connectivity index (χ4v) is 3.77. The monoisotopic (exact) mass is 385 g/mol. The molecule has 3 aromatic rings. The van der Waals surface area contributed by atoms with Gasteiger partial charge in [-0.15, -0.1) is 12.4 Å². The van der Waals surface area contributed by atoms with Crippen LogP contribution in [0.4, 0.5) is 4.39 Å². The molecule has 0 unspecified atom stereocenters. The quantitative estimate of drug-likeness (QED) is 0.623. The fourth-order valence-electron chi connectivity index (χ4n) is 3.77. The van der Waals surface area contributed by atoms with Crippen LogP contribution in [0.5, 0.6) is 0 Å². The predicted octanol–water partition coefficient (Wildman–Crippen LogP) is 4.89. The van der Waals surface area contributed by atoms with Crippen molar-refractivity contribution in [3.05, 3.63) is 83.9 Å². The van der Waals surface area contributed by atoms with E-state index in [1.165, 1.54) is 30.9 Å². The van der Waals surface area contributed by atoms with Gasteiger partial charge in [0, 0.05) is 18.3 Å². The van der Waals surface area contributed by atoms with Gasteiger partial charge >= 0.3 is 0 Å². The third kappa shape index (κ3) is 4.96. The maximum absolute atomic E-state index is 13.9. The number of likely N-dealkylation sites (tertiary alicyclic amines) is 1. The third-order valence-electron chi connectivity index (χ3n) is 5.22. The van der Waals surface area contributed by atoms with Gasteiger partial charge in [-0.25, -0.2) is 9.07 Å². The Labute approximate surface area is 166 Å². The second-order valence-corrected chi connectivity index (χ2v) is 7.15. The van der Waals surface area contributed by atoms with Gasteiger partial charge in [-0.2, -0.15) is 5.10 Å². The highest BCUT2D eigenvalue weighted by Gasteiger charge is 2.20. The summed E-state index contributed by atoms with van der Waals surface area (Å²) < 4.78 is 15.5. The van der Waals surface area contributed by atoms with Crippen molar-refractivity contribution in [2.24, 2.45) is 5.92 Å². The van der Waals surface area contributed by atoms with Gasteiger partial charge in [0.25, 0.3) is 0 Å². The Hall–Kier alpha value is -2.17. The first-order valence-corrected chi connectivity index (χ1v) is 9.32. The number of benzene rings is 2. The molecule has 4 rings (SSSR count). The number of hydrogen-bond donors (Lipinski definition) is 0. The van der Waals surface area contributed by atoms with Crippen molar-refractivity contribution >= 4 is 12.4 Å². The topological polar surface area (TPSA) is 21.1 Å². The molecule has 3 nitrogen and oxygen atoms in total. The van der Waals surface area contributed by atoms with Gasteiger partial charge in [0.1, 0.15) is 11.5 Å². The van der Waals surface area contributed by atoms with Crippen molar-refractivity contribution < 1.29 is 4.39 Å². The molecular weight excluding hydrogens is 361 g/mol. The molecule has 0 aliphatic carbocycles. The standard InChI is InChI=1S/C22H24FN3.ClH/c23-21-8-4-5-9-22(21)26-17-20(15-24-26)16-25-12-10-19(11-13-25)14-18-6-2-1-3-7-18;/h1-9,15,17,19H,10-14,16H2;1H. The Balaban J connectivity index is 0.00000210. The van der Waals surface area contributed by atoms with Crippen LogP contribution in [0.3, 0.4) is 0 Å². The van der Waals surface area contributed by atoms with Crippen molar-refractivity contribution in [2.45, 2.75) is 25.8 Å². The summed E-state index contributed by atoms with van der Waals surface area (Å²) in [6, 6.07) is 17.5. The number of piperidine rings is 1. The van der Waals surface area contributed by atoms with E-state index in [1.54, 1.807) is 16.8 Å². The number of nitrogens with zero attached hydrogens (tertiary/aromatic N) is 3. The molecule has 0 amide bonds. The van der Waals surface area contributed by atoms with Crippen molar-refractivity contribution in [3.63, 3.8) is 0 Å². The Morgan fingerprint density at radius 1 is 0.926 bits per heavy atom. The number of para-hydroxylation sites is 1. The molecule has 2 heterocycles. The average molecular weight is 386 g/mol. The van der Waals surface area contributed by atoms with Gasteiger partial charge in [-0.05, 0) is 56.0 Å². The van der Waals surface area contributed by atoms with Crippen molar-refractivity contribution in [1.82, 2.24) is 14.7 Å². The molecule has 1 fully saturated rings.